The summed E-state index contributed by atoms with van der Waals surface area (Å²) in [5.74, 6) is -1.12. The van der Waals surface area contributed by atoms with Crippen molar-refractivity contribution in [2.24, 2.45) is 0 Å². The summed E-state index contributed by atoms with van der Waals surface area (Å²) >= 11 is 0. The third-order valence-electron chi connectivity index (χ3n) is 3.57. The second-order valence-electron chi connectivity index (χ2n) is 4.77. The standard InChI is InChI=1S/C17H14F2N2/c1-20-17(16-13(18)6-4-7-14(16)19)12-9-10-21-15-8-3-2-5-11(12)15/h2-10,17,20H,1H3. The molecule has 21 heavy (non-hydrogen) atoms. The Labute approximate surface area is 121 Å². The average molecular weight is 284 g/mol. The normalized spacial score (nSPS) is 12.5. The van der Waals surface area contributed by atoms with Crippen LogP contribution in [0.5, 0.6) is 0 Å². The molecule has 4 heteroatoms. The van der Waals surface area contributed by atoms with Crippen molar-refractivity contribution in [2.45, 2.75) is 6.04 Å². The predicted octanol–water partition coefficient (Wildman–Crippen LogP) is 3.82. The fraction of sp³-hybridized carbons (Fsp3) is 0.118. The van der Waals surface area contributed by atoms with Crippen LogP contribution in [0.15, 0.2) is 54.7 Å². The van der Waals surface area contributed by atoms with Crippen LogP contribution in [0.3, 0.4) is 0 Å². The molecule has 0 bridgehead atoms. The number of pyridine rings is 1. The molecule has 106 valence electrons. The van der Waals surface area contributed by atoms with Gasteiger partial charge in [-0.1, -0.05) is 24.3 Å². The van der Waals surface area contributed by atoms with E-state index in [2.05, 4.69) is 10.3 Å². The molecule has 1 heterocycles. The SMILES string of the molecule is CNC(c1c(F)cccc1F)c1ccnc2ccccc12. The number of hydrogen-bond donors (Lipinski definition) is 1. The second kappa shape index (κ2) is 5.58. The second-order valence-corrected chi connectivity index (χ2v) is 4.77. The van der Waals surface area contributed by atoms with E-state index in [0.717, 1.165) is 16.5 Å². The Kier molecular flexibility index (Phi) is 3.62. The van der Waals surface area contributed by atoms with Crippen LogP contribution in [0.2, 0.25) is 0 Å². The first-order valence-electron chi connectivity index (χ1n) is 6.67. The van der Waals surface area contributed by atoms with Crippen LogP contribution in [0.1, 0.15) is 17.2 Å². The van der Waals surface area contributed by atoms with Gasteiger partial charge in [0.1, 0.15) is 11.6 Å². The summed E-state index contributed by atoms with van der Waals surface area (Å²) in [7, 11) is 1.69. The van der Waals surface area contributed by atoms with E-state index in [1.54, 1.807) is 19.3 Å². The molecule has 3 rings (SSSR count). The van der Waals surface area contributed by atoms with Crippen molar-refractivity contribution in [1.29, 1.82) is 0 Å². The number of aromatic nitrogens is 1. The molecule has 0 amide bonds. The molecule has 2 nitrogen and oxygen atoms in total. The molecule has 1 aromatic heterocycles. The van der Waals surface area contributed by atoms with Crippen LogP contribution in [0, 0.1) is 11.6 Å². The summed E-state index contributed by atoms with van der Waals surface area (Å²) in [5.41, 5.74) is 1.62. The molecule has 3 aromatic rings. The molecule has 0 aliphatic carbocycles. The van der Waals surface area contributed by atoms with Crippen molar-refractivity contribution in [2.75, 3.05) is 7.05 Å². The summed E-state index contributed by atoms with van der Waals surface area (Å²) in [5, 5.41) is 3.88. The number of benzene rings is 2. The van der Waals surface area contributed by atoms with E-state index in [-0.39, 0.29) is 5.56 Å². The Balaban J connectivity index is 2.24. The molecular formula is C17H14F2N2. The monoisotopic (exact) mass is 284 g/mol. The van der Waals surface area contributed by atoms with Gasteiger partial charge in [0, 0.05) is 17.1 Å². The highest BCUT2D eigenvalue weighted by atomic mass is 19.1. The molecular weight excluding hydrogens is 270 g/mol. The third kappa shape index (κ3) is 2.38. The van der Waals surface area contributed by atoms with Crippen molar-refractivity contribution < 1.29 is 8.78 Å². The molecule has 0 fully saturated rings. The lowest BCUT2D eigenvalue weighted by Gasteiger charge is -2.20. The number of halogens is 2. The minimum Gasteiger partial charge on any atom is -0.309 e. The molecule has 0 saturated carbocycles. The topological polar surface area (TPSA) is 24.9 Å². The largest absolute Gasteiger partial charge is 0.309 e. The van der Waals surface area contributed by atoms with E-state index in [9.17, 15) is 8.78 Å². The summed E-state index contributed by atoms with van der Waals surface area (Å²) < 4.78 is 28.2. The van der Waals surface area contributed by atoms with E-state index >= 15 is 0 Å². The van der Waals surface area contributed by atoms with Crippen molar-refractivity contribution >= 4 is 10.9 Å². The quantitative estimate of drug-likeness (QED) is 0.791. The lowest BCUT2D eigenvalue weighted by atomic mass is 9.95. The summed E-state index contributed by atoms with van der Waals surface area (Å²) in [6, 6.07) is 12.7. The lowest BCUT2D eigenvalue weighted by molar-refractivity contribution is 0.523. The minimum atomic E-state index is -0.570. The molecule has 1 atom stereocenters. The van der Waals surface area contributed by atoms with E-state index in [0.29, 0.717) is 0 Å². The van der Waals surface area contributed by atoms with E-state index in [1.807, 2.05) is 24.3 Å². The lowest BCUT2D eigenvalue weighted by Crippen LogP contribution is -2.20. The first-order valence-corrected chi connectivity index (χ1v) is 6.67. The van der Waals surface area contributed by atoms with Gasteiger partial charge in [-0.15, -0.1) is 0 Å². The smallest absolute Gasteiger partial charge is 0.131 e. The van der Waals surface area contributed by atoms with Gasteiger partial charge >= 0.3 is 0 Å². The fourth-order valence-electron chi connectivity index (χ4n) is 2.61. The van der Waals surface area contributed by atoms with Crippen molar-refractivity contribution in [1.82, 2.24) is 10.3 Å². The van der Waals surface area contributed by atoms with Gasteiger partial charge in [-0.2, -0.15) is 0 Å². The molecule has 2 aromatic carbocycles. The molecule has 0 radical (unpaired) electrons. The van der Waals surface area contributed by atoms with Gasteiger partial charge in [-0.25, -0.2) is 8.78 Å². The number of rotatable bonds is 3. The maximum atomic E-state index is 14.1. The summed E-state index contributed by atoms with van der Waals surface area (Å²) in [6.07, 6.45) is 1.65. The van der Waals surface area contributed by atoms with Gasteiger partial charge in [-0.3, -0.25) is 4.98 Å². The van der Waals surface area contributed by atoms with Crippen molar-refractivity contribution in [3.63, 3.8) is 0 Å². The molecule has 1 N–H and O–H groups in total. The maximum absolute atomic E-state index is 14.1. The van der Waals surface area contributed by atoms with Crippen LogP contribution in [0.4, 0.5) is 8.78 Å². The minimum absolute atomic E-state index is 0.0244. The number of fused-ring (bicyclic) bond motifs is 1. The Morgan fingerprint density at radius 3 is 2.38 bits per heavy atom. The fourth-order valence-corrected chi connectivity index (χ4v) is 2.61. The average Bonchev–Trinajstić information content (AvgIpc) is 2.51. The zero-order valence-electron chi connectivity index (χ0n) is 11.5. The summed E-state index contributed by atoms with van der Waals surface area (Å²) in [4.78, 5) is 4.28. The molecule has 0 aliphatic heterocycles. The van der Waals surface area contributed by atoms with Gasteiger partial charge in [0.25, 0.3) is 0 Å². The van der Waals surface area contributed by atoms with Crippen molar-refractivity contribution in [3.8, 4) is 0 Å². The van der Waals surface area contributed by atoms with Gasteiger partial charge in [0.2, 0.25) is 0 Å². The van der Waals surface area contributed by atoms with Crippen LogP contribution in [0.25, 0.3) is 10.9 Å². The first-order chi connectivity index (χ1) is 10.2. The Morgan fingerprint density at radius 1 is 0.952 bits per heavy atom. The highest BCUT2D eigenvalue weighted by Gasteiger charge is 2.22. The zero-order valence-corrected chi connectivity index (χ0v) is 11.5. The van der Waals surface area contributed by atoms with E-state index in [4.69, 9.17) is 0 Å². The Morgan fingerprint density at radius 2 is 1.67 bits per heavy atom. The van der Waals surface area contributed by atoms with Crippen LogP contribution in [-0.4, -0.2) is 12.0 Å². The molecule has 0 saturated heterocycles. The van der Waals surface area contributed by atoms with Crippen molar-refractivity contribution in [3.05, 3.63) is 77.5 Å². The number of nitrogens with zero attached hydrogens (tertiary/aromatic N) is 1. The summed E-state index contributed by atoms with van der Waals surface area (Å²) in [6.45, 7) is 0. The highest BCUT2D eigenvalue weighted by molar-refractivity contribution is 5.82. The van der Waals surface area contributed by atoms with Gasteiger partial charge in [-0.05, 0) is 36.9 Å². The predicted molar refractivity (Wildman–Crippen MR) is 79.0 cm³/mol. The van der Waals surface area contributed by atoms with E-state index in [1.165, 1.54) is 18.2 Å². The highest BCUT2D eigenvalue weighted by Crippen LogP contribution is 2.30. The van der Waals surface area contributed by atoms with Crippen LogP contribution in [-0.2, 0) is 0 Å². The first kappa shape index (κ1) is 13.6. The Bertz CT molecular complexity index is 761. The van der Waals surface area contributed by atoms with Crippen LogP contribution < -0.4 is 5.32 Å². The van der Waals surface area contributed by atoms with Gasteiger partial charge in [0.05, 0.1) is 11.6 Å². The maximum Gasteiger partial charge on any atom is 0.131 e. The Hall–Kier alpha value is -2.33. The van der Waals surface area contributed by atoms with Crippen LogP contribution >= 0.6 is 0 Å². The number of para-hydroxylation sites is 1. The third-order valence-corrected chi connectivity index (χ3v) is 3.57. The molecule has 0 aliphatic rings. The number of hydrogen-bond acceptors (Lipinski definition) is 2. The zero-order chi connectivity index (χ0) is 14.8. The van der Waals surface area contributed by atoms with Gasteiger partial charge in [0.15, 0.2) is 0 Å². The molecule has 0 spiro atoms. The number of nitrogens with one attached hydrogen (secondary N) is 1. The van der Waals surface area contributed by atoms with E-state index < -0.39 is 17.7 Å². The molecule has 1 unspecified atom stereocenters. The van der Waals surface area contributed by atoms with Gasteiger partial charge < -0.3 is 5.32 Å².